The van der Waals surface area contributed by atoms with E-state index in [1.807, 2.05) is 0 Å². The molecule has 0 heterocycles. The summed E-state index contributed by atoms with van der Waals surface area (Å²) in [5, 5.41) is 3.55. The van der Waals surface area contributed by atoms with E-state index in [0.29, 0.717) is 34.5 Å². The van der Waals surface area contributed by atoms with Gasteiger partial charge in [0.15, 0.2) is 5.75 Å². The normalized spacial score (nSPS) is 19.2. The Morgan fingerprint density at radius 3 is 2.33 bits per heavy atom. The standard InChI is InChI=1S/C29H34Cl2N2O7/c1-4-38-26(34)16-33(29(36)39-5-2)15-18-11-22(30)27(23(31)12-18)40-20-8-9-25(37-3)21(14-20)28(35)32-24-13-17-6-7-19(24)10-17/h8-9,11-12,14,17,19,24H,4-7,10,13,15-16H2,1-3H3,(H,32,35). The van der Waals surface area contributed by atoms with Gasteiger partial charge in [-0.1, -0.05) is 29.6 Å². The molecule has 4 rings (SSSR count). The maximum Gasteiger partial charge on any atom is 0.410 e. The first-order chi connectivity index (χ1) is 19.2. The summed E-state index contributed by atoms with van der Waals surface area (Å²) in [5.41, 5.74) is 0.913. The molecule has 216 valence electrons. The predicted molar refractivity (Wildman–Crippen MR) is 150 cm³/mol. The highest BCUT2D eigenvalue weighted by molar-refractivity contribution is 6.37. The van der Waals surface area contributed by atoms with Gasteiger partial charge in [-0.25, -0.2) is 4.79 Å². The van der Waals surface area contributed by atoms with Gasteiger partial charge in [-0.3, -0.25) is 14.5 Å². The molecule has 40 heavy (non-hydrogen) atoms. The molecule has 2 bridgehead atoms. The van der Waals surface area contributed by atoms with Crippen molar-refractivity contribution in [2.24, 2.45) is 11.8 Å². The largest absolute Gasteiger partial charge is 0.496 e. The van der Waals surface area contributed by atoms with E-state index in [2.05, 4.69) is 5.32 Å². The average molecular weight is 594 g/mol. The fraction of sp³-hybridized carbons (Fsp3) is 0.483. The fourth-order valence-corrected chi connectivity index (χ4v) is 6.11. The van der Waals surface area contributed by atoms with Crippen LogP contribution in [-0.2, 0) is 20.8 Å². The number of methoxy groups -OCH3 is 1. The molecule has 2 aliphatic carbocycles. The van der Waals surface area contributed by atoms with Crippen LogP contribution in [0.15, 0.2) is 30.3 Å². The zero-order valence-corrected chi connectivity index (χ0v) is 24.3. The maximum atomic E-state index is 13.2. The molecule has 2 aromatic rings. The molecule has 0 aromatic heterocycles. The fourth-order valence-electron chi connectivity index (χ4n) is 5.50. The highest BCUT2D eigenvalue weighted by atomic mass is 35.5. The second-order valence-corrected chi connectivity index (χ2v) is 10.8. The van der Waals surface area contributed by atoms with Gasteiger partial charge < -0.3 is 24.3 Å². The number of esters is 1. The Morgan fingerprint density at radius 1 is 1.00 bits per heavy atom. The van der Waals surface area contributed by atoms with Crippen LogP contribution < -0.4 is 14.8 Å². The van der Waals surface area contributed by atoms with Crippen molar-refractivity contribution in [2.75, 3.05) is 26.9 Å². The minimum atomic E-state index is -0.669. The predicted octanol–water partition coefficient (Wildman–Crippen LogP) is 6.23. The van der Waals surface area contributed by atoms with Gasteiger partial charge in [0.05, 0.1) is 35.9 Å². The van der Waals surface area contributed by atoms with Crippen LogP contribution in [-0.4, -0.2) is 55.8 Å². The summed E-state index contributed by atoms with van der Waals surface area (Å²) in [4.78, 5) is 38.8. The van der Waals surface area contributed by atoms with Gasteiger partial charge in [0.25, 0.3) is 5.91 Å². The third-order valence-corrected chi connectivity index (χ3v) is 7.83. The summed E-state index contributed by atoms with van der Waals surface area (Å²) < 4.78 is 21.5. The number of rotatable bonds is 11. The van der Waals surface area contributed by atoms with Crippen molar-refractivity contribution in [2.45, 2.75) is 52.1 Å². The van der Waals surface area contributed by atoms with Gasteiger partial charge in [-0.05, 0) is 80.8 Å². The number of nitrogens with zero attached hydrogens (tertiary/aromatic N) is 1. The van der Waals surface area contributed by atoms with Gasteiger partial charge in [0, 0.05) is 12.6 Å². The lowest BCUT2D eigenvalue weighted by Gasteiger charge is -2.23. The average Bonchev–Trinajstić information content (AvgIpc) is 3.54. The number of halogens is 2. The van der Waals surface area contributed by atoms with Gasteiger partial charge in [0.1, 0.15) is 18.0 Å². The second-order valence-electron chi connectivity index (χ2n) is 9.97. The summed E-state index contributed by atoms with van der Waals surface area (Å²) in [7, 11) is 1.51. The monoisotopic (exact) mass is 592 g/mol. The minimum Gasteiger partial charge on any atom is -0.496 e. The Bertz CT molecular complexity index is 1230. The van der Waals surface area contributed by atoms with Crippen LogP contribution in [0.4, 0.5) is 4.79 Å². The van der Waals surface area contributed by atoms with Crippen LogP contribution in [0, 0.1) is 11.8 Å². The van der Waals surface area contributed by atoms with Gasteiger partial charge in [-0.15, -0.1) is 0 Å². The van der Waals surface area contributed by atoms with E-state index in [4.69, 9.17) is 42.1 Å². The van der Waals surface area contributed by atoms with Gasteiger partial charge >= 0.3 is 12.1 Å². The first kappa shape index (κ1) is 29.8. The summed E-state index contributed by atoms with van der Waals surface area (Å²) in [6.07, 6.45) is 3.93. The van der Waals surface area contributed by atoms with E-state index in [1.165, 1.54) is 24.9 Å². The summed E-state index contributed by atoms with van der Waals surface area (Å²) in [5.74, 6) is 1.43. The molecule has 9 nitrogen and oxygen atoms in total. The first-order valence-electron chi connectivity index (χ1n) is 13.4. The van der Waals surface area contributed by atoms with Crippen molar-refractivity contribution < 1.29 is 33.3 Å². The molecule has 1 N–H and O–H groups in total. The van der Waals surface area contributed by atoms with Crippen molar-refractivity contribution in [3.63, 3.8) is 0 Å². The van der Waals surface area contributed by atoms with Crippen molar-refractivity contribution in [1.29, 1.82) is 0 Å². The van der Waals surface area contributed by atoms with E-state index >= 15 is 0 Å². The highest BCUT2D eigenvalue weighted by Crippen LogP contribution is 2.45. The molecule has 2 saturated carbocycles. The summed E-state index contributed by atoms with van der Waals surface area (Å²) >= 11 is 13.1. The smallest absolute Gasteiger partial charge is 0.410 e. The number of benzene rings is 2. The molecule has 2 fully saturated rings. The lowest BCUT2D eigenvalue weighted by atomic mass is 9.95. The van der Waals surface area contributed by atoms with Crippen LogP contribution in [0.25, 0.3) is 0 Å². The Kier molecular flexibility index (Phi) is 10.0. The molecule has 2 amide bonds. The Hall–Kier alpha value is -3.17. The summed E-state index contributed by atoms with van der Waals surface area (Å²) in [6, 6.07) is 8.28. The van der Waals surface area contributed by atoms with Crippen LogP contribution in [0.2, 0.25) is 10.0 Å². The van der Waals surface area contributed by atoms with Crippen molar-refractivity contribution in [3.05, 3.63) is 51.5 Å². The quantitative estimate of drug-likeness (QED) is 0.308. The molecule has 0 aliphatic heterocycles. The molecular formula is C29H34Cl2N2O7. The molecule has 3 unspecified atom stereocenters. The molecule has 2 aliphatic rings. The van der Waals surface area contributed by atoms with E-state index in [1.54, 1.807) is 44.2 Å². The number of fused-ring (bicyclic) bond motifs is 2. The molecule has 2 aromatic carbocycles. The summed E-state index contributed by atoms with van der Waals surface area (Å²) in [6.45, 7) is 3.41. The maximum absolute atomic E-state index is 13.2. The van der Waals surface area contributed by atoms with Crippen molar-refractivity contribution >= 4 is 41.2 Å². The number of carbonyl (C=O) groups is 3. The van der Waals surface area contributed by atoms with Gasteiger partial charge in [0.2, 0.25) is 0 Å². The van der Waals surface area contributed by atoms with Crippen molar-refractivity contribution in [1.82, 2.24) is 10.2 Å². The van der Waals surface area contributed by atoms with Crippen LogP contribution in [0.5, 0.6) is 17.2 Å². The van der Waals surface area contributed by atoms with Gasteiger partial charge in [-0.2, -0.15) is 0 Å². The molecule has 0 spiro atoms. The zero-order valence-electron chi connectivity index (χ0n) is 22.8. The third-order valence-electron chi connectivity index (χ3n) is 7.27. The SMILES string of the molecule is CCOC(=O)CN(Cc1cc(Cl)c(Oc2ccc(OC)c(C(=O)NC3CC4CCC3C4)c2)c(Cl)c1)C(=O)OCC. The molecule has 3 atom stereocenters. The van der Waals surface area contributed by atoms with Crippen LogP contribution >= 0.6 is 23.2 Å². The van der Waals surface area contributed by atoms with E-state index in [0.717, 1.165) is 12.8 Å². The number of hydrogen-bond acceptors (Lipinski definition) is 7. The number of amides is 2. The number of carbonyl (C=O) groups excluding carboxylic acids is 3. The number of hydrogen-bond donors (Lipinski definition) is 1. The molecule has 11 heteroatoms. The van der Waals surface area contributed by atoms with Crippen molar-refractivity contribution in [3.8, 4) is 17.2 Å². The van der Waals surface area contributed by atoms with E-state index < -0.39 is 12.1 Å². The number of ether oxygens (including phenoxy) is 4. The minimum absolute atomic E-state index is 0.00718. The first-order valence-corrected chi connectivity index (χ1v) is 14.2. The van der Waals surface area contributed by atoms with Crippen LogP contribution in [0.3, 0.4) is 0 Å². The van der Waals surface area contributed by atoms with E-state index in [-0.39, 0.29) is 54.0 Å². The van der Waals surface area contributed by atoms with E-state index in [9.17, 15) is 14.4 Å². The Morgan fingerprint density at radius 2 is 1.73 bits per heavy atom. The molecule has 0 radical (unpaired) electrons. The van der Waals surface area contributed by atoms with Crippen LogP contribution in [0.1, 0.15) is 55.5 Å². The zero-order chi connectivity index (χ0) is 28.8. The molecular weight excluding hydrogens is 559 g/mol. The molecule has 0 saturated heterocycles. The Labute approximate surface area is 244 Å². The third kappa shape index (κ3) is 7.12. The Balaban J connectivity index is 1.50. The second kappa shape index (κ2) is 13.5. The lowest BCUT2D eigenvalue weighted by molar-refractivity contribution is -0.144. The topological polar surface area (TPSA) is 103 Å². The number of nitrogens with one attached hydrogen (secondary N) is 1. The lowest BCUT2D eigenvalue weighted by Crippen LogP contribution is -2.38. The highest BCUT2D eigenvalue weighted by Gasteiger charge is 2.40.